The third-order valence-electron chi connectivity index (χ3n) is 3.47. The number of nitrogens with zero attached hydrogens (tertiary/aromatic N) is 1. The van der Waals surface area contributed by atoms with Gasteiger partial charge < -0.3 is 18.9 Å². The third-order valence-corrected chi connectivity index (χ3v) is 3.47. The first-order valence-electron chi connectivity index (χ1n) is 7.92. The topological polar surface area (TPSA) is 95.5 Å². The summed E-state index contributed by atoms with van der Waals surface area (Å²) in [6.07, 6.45) is 1.46. The van der Waals surface area contributed by atoms with Gasteiger partial charge in [0.15, 0.2) is 18.1 Å². The maximum absolute atomic E-state index is 12.2. The maximum atomic E-state index is 12.2. The van der Waals surface area contributed by atoms with Crippen LogP contribution in [0.25, 0.3) is 0 Å². The van der Waals surface area contributed by atoms with Gasteiger partial charge in [-0.1, -0.05) is 12.1 Å². The number of rotatable bonds is 8. The minimum absolute atomic E-state index is 0.187. The van der Waals surface area contributed by atoms with Crippen molar-refractivity contribution in [2.45, 2.75) is 0 Å². The van der Waals surface area contributed by atoms with E-state index in [4.69, 9.17) is 14.2 Å². The fraction of sp³-hybridized carbons (Fsp3) is 0.211. The van der Waals surface area contributed by atoms with Crippen LogP contribution in [-0.2, 0) is 9.53 Å². The molecule has 0 spiro atoms. The normalized spacial score (nSPS) is 10.3. The van der Waals surface area contributed by atoms with E-state index in [0.717, 1.165) is 0 Å². The zero-order valence-corrected chi connectivity index (χ0v) is 15.2. The number of carbonyl (C=O) groups is 2. The Morgan fingerprint density at radius 3 is 2.52 bits per heavy atom. The van der Waals surface area contributed by atoms with Gasteiger partial charge >= 0.3 is 5.97 Å². The van der Waals surface area contributed by atoms with Gasteiger partial charge in [-0.25, -0.2) is 10.2 Å². The van der Waals surface area contributed by atoms with Crippen molar-refractivity contribution in [2.75, 3.05) is 27.9 Å². The second kappa shape index (κ2) is 9.81. The number of amides is 1. The number of methoxy groups -OCH3 is 3. The number of hydrazone groups is 1. The zero-order valence-electron chi connectivity index (χ0n) is 15.2. The molecule has 0 aliphatic rings. The van der Waals surface area contributed by atoms with Crippen LogP contribution in [0.15, 0.2) is 47.6 Å². The first-order valence-corrected chi connectivity index (χ1v) is 7.92. The molecule has 2 aromatic carbocycles. The maximum Gasteiger partial charge on any atom is 0.343 e. The van der Waals surface area contributed by atoms with E-state index in [-0.39, 0.29) is 6.61 Å². The lowest BCUT2D eigenvalue weighted by atomic mass is 10.2. The van der Waals surface area contributed by atoms with Crippen LogP contribution >= 0.6 is 0 Å². The SMILES string of the molecule is COC(=O)COc1cccc(/C=N\NC(=O)c2ccc(OC)c(OC)c2)c1. The number of nitrogens with one attached hydrogen (secondary N) is 1. The molecule has 0 heterocycles. The van der Waals surface area contributed by atoms with Gasteiger partial charge in [-0.2, -0.15) is 5.10 Å². The van der Waals surface area contributed by atoms with Gasteiger partial charge in [0.1, 0.15) is 5.75 Å². The predicted octanol–water partition coefficient (Wildman–Crippen LogP) is 2.02. The van der Waals surface area contributed by atoms with E-state index in [0.29, 0.717) is 28.4 Å². The lowest BCUT2D eigenvalue weighted by Crippen LogP contribution is -2.17. The number of hydrogen-bond acceptors (Lipinski definition) is 7. The van der Waals surface area contributed by atoms with Crippen LogP contribution in [0.1, 0.15) is 15.9 Å². The van der Waals surface area contributed by atoms with Gasteiger partial charge in [-0.3, -0.25) is 4.79 Å². The van der Waals surface area contributed by atoms with Crippen LogP contribution in [0.2, 0.25) is 0 Å². The van der Waals surface area contributed by atoms with Gasteiger partial charge in [0.05, 0.1) is 27.5 Å². The van der Waals surface area contributed by atoms with Crippen LogP contribution in [0, 0.1) is 0 Å². The summed E-state index contributed by atoms with van der Waals surface area (Å²) in [5, 5.41) is 3.92. The molecule has 0 aliphatic heterocycles. The molecule has 2 aromatic rings. The van der Waals surface area contributed by atoms with Crippen LogP contribution in [0.4, 0.5) is 0 Å². The Bertz CT molecular complexity index is 835. The van der Waals surface area contributed by atoms with Gasteiger partial charge in [0, 0.05) is 5.56 Å². The van der Waals surface area contributed by atoms with Crippen molar-refractivity contribution in [2.24, 2.45) is 5.10 Å². The van der Waals surface area contributed by atoms with E-state index >= 15 is 0 Å². The number of esters is 1. The van der Waals surface area contributed by atoms with E-state index < -0.39 is 11.9 Å². The van der Waals surface area contributed by atoms with Crippen molar-refractivity contribution < 1.29 is 28.5 Å². The van der Waals surface area contributed by atoms with Crippen molar-refractivity contribution >= 4 is 18.1 Å². The summed E-state index contributed by atoms with van der Waals surface area (Å²) in [7, 11) is 4.30. The molecule has 0 fully saturated rings. The van der Waals surface area contributed by atoms with E-state index in [9.17, 15) is 9.59 Å². The minimum Gasteiger partial charge on any atom is -0.493 e. The Kier molecular flexibility index (Phi) is 7.18. The Balaban J connectivity index is 1.98. The molecule has 1 N–H and O–H groups in total. The fourth-order valence-electron chi connectivity index (χ4n) is 2.09. The molecular formula is C19H20N2O6. The van der Waals surface area contributed by atoms with Gasteiger partial charge in [-0.05, 0) is 35.9 Å². The average molecular weight is 372 g/mol. The molecule has 0 saturated carbocycles. The molecule has 27 heavy (non-hydrogen) atoms. The fourth-order valence-corrected chi connectivity index (χ4v) is 2.09. The Morgan fingerprint density at radius 1 is 1.04 bits per heavy atom. The highest BCUT2D eigenvalue weighted by Crippen LogP contribution is 2.27. The van der Waals surface area contributed by atoms with Crippen LogP contribution in [-0.4, -0.2) is 46.0 Å². The molecule has 142 valence electrons. The summed E-state index contributed by atoms with van der Waals surface area (Å²) in [6.45, 7) is -0.187. The number of benzene rings is 2. The molecule has 0 aromatic heterocycles. The summed E-state index contributed by atoms with van der Waals surface area (Å²) in [4.78, 5) is 23.3. The van der Waals surface area contributed by atoms with Crippen LogP contribution < -0.4 is 19.6 Å². The molecule has 0 unspecified atom stereocenters. The zero-order chi connectivity index (χ0) is 19.6. The molecule has 0 atom stereocenters. The molecule has 0 bridgehead atoms. The summed E-state index contributed by atoms with van der Waals surface area (Å²) in [5.41, 5.74) is 3.49. The summed E-state index contributed by atoms with van der Waals surface area (Å²) < 4.78 is 20.1. The molecule has 2 rings (SSSR count). The first-order chi connectivity index (χ1) is 13.1. The number of hydrogen-bond donors (Lipinski definition) is 1. The second-order valence-corrected chi connectivity index (χ2v) is 5.21. The van der Waals surface area contributed by atoms with Gasteiger partial charge in [0.2, 0.25) is 0 Å². The second-order valence-electron chi connectivity index (χ2n) is 5.21. The van der Waals surface area contributed by atoms with Crippen LogP contribution in [0.3, 0.4) is 0 Å². The molecule has 8 nitrogen and oxygen atoms in total. The Labute approximate surface area is 156 Å². The number of carbonyl (C=O) groups excluding carboxylic acids is 2. The lowest BCUT2D eigenvalue weighted by molar-refractivity contribution is -0.142. The molecule has 1 amide bonds. The smallest absolute Gasteiger partial charge is 0.343 e. The highest BCUT2D eigenvalue weighted by atomic mass is 16.6. The van der Waals surface area contributed by atoms with E-state index in [2.05, 4.69) is 15.3 Å². The van der Waals surface area contributed by atoms with E-state index in [1.807, 2.05) is 0 Å². The molecule has 0 aliphatic carbocycles. The number of ether oxygens (including phenoxy) is 4. The van der Waals surface area contributed by atoms with Crippen molar-refractivity contribution in [1.29, 1.82) is 0 Å². The summed E-state index contributed by atoms with van der Waals surface area (Å²) in [6, 6.07) is 11.7. The van der Waals surface area contributed by atoms with E-state index in [1.54, 1.807) is 42.5 Å². The molecule has 8 heteroatoms. The van der Waals surface area contributed by atoms with Crippen LogP contribution in [0.5, 0.6) is 17.2 Å². The first kappa shape index (κ1) is 19.8. The summed E-state index contributed by atoms with van der Waals surface area (Å²) >= 11 is 0. The van der Waals surface area contributed by atoms with Crippen molar-refractivity contribution in [3.63, 3.8) is 0 Å². The van der Waals surface area contributed by atoms with Gasteiger partial charge in [0.25, 0.3) is 5.91 Å². The van der Waals surface area contributed by atoms with Crippen molar-refractivity contribution in [3.05, 3.63) is 53.6 Å². The summed E-state index contributed by atoms with van der Waals surface area (Å²) in [5.74, 6) is 0.586. The van der Waals surface area contributed by atoms with Gasteiger partial charge in [-0.15, -0.1) is 0 Å². The largest absolute Gasteiger partial charge is 0.493 e. The minimum atomic E-state index is -0.476. The average Bonchev–Trinajstić information content (AvgIpc) is 2.71. The molecule has 0 radical (unpaired) electrons. The quantitative estimate of drug-likeness (QED) is 0.433. The highest BCUT2D eigenvalue weighted by molar-refractivity contribution is 5.95. The Hall–Kier alpha value is -3.55. The monoisotopic (exact) mass is 372 g/mol. The predicted molar refractivity (Wildman–Crippen MR) is 98.6 cm³/mol. The van der Waals surface area contributed by atoms with E-state index in [1.165, 1.54) is 27.5 Å². The third kappa shape index (κ3) is 5.74. The van der Waals surface area contributed by atoms with Crippen molar-refractivity contribution in [1.82, 2.24) is 5.43 Å². The standard InChI is InChI=1S/C19H20N2O6/c1-24-16-8-7-14(10-17(16)25-2)19(23)21-20-11-13-5-4-6-15(9-13)27-12-18(22)26-3/h4-11H,12H2,1-3H3,(H,21,23)/b20-11-. The molecule has 0 saturated heterocycles. The lowest BCUT2D eigenvalue weighted by Gasteiger charge is -2.08. The highest BCUT2D eigenvalue weighted by Gasteiger charge is 2.10. The Morgan fingerprint density at radius 2 is 1.81 bits per heavy atom. The van der Waals surface area contributed by atoms with Crippen molar-refractivity contribution in [3.8, 4) is 17.2 Å². The molecular weight excluding hydrogens is 352 g/mol.